The molecule has 0 saturated carbocycles. The van der Waals surface area contributed by atoms with Crippen molar-refractivity contribution in [3.8, 4) is 0 Å². The molecule has 72 valence electrons. The fourth-order valence-corrected chi connectivity index (χ4v) is 2.46. The molecule has 2 aromatic heterocycles. The van der Waals surface area contributed by atoms with Crippen molar-refractivity contribution in [1.29, 1.82) is 0 Å². The molecule has 0 radical (unpaired) electrons. The van der Waals surface area contributed by atoms with E-state index in [-0.39, 0.29) is 6.04 Å². The zero-order valence-electron chi connectivity index (χ0n) is 7.35. The third kappa shape index (κ3) is 1.87. The molecule has 0 amide bonds. The van der Waals surface area contributed by atoms with Crippen LogP contribution in [0.1, 0.15) is 17.2 Å². The van der Waals surface area contributed by atoms with Crippen LogP contribution in [0.15, 0.2) is 39.8 Å². The summed E-state index contributed by atoms with van der Waals surface area (Å²) in [6.07, 6.45) is 1.74. The van der Waals surface area contributed by atoms with Gasteiger partial charge < -0.3 is 5.73 Å². The first-order chi connectivity index (χ1) is 6.79. The molecule has 2 heterocycles. The summed E-state index contributed by atoms with van der Waals surface area (Å²) >= 11 is 5.05. The number of nitrogens with zero attached hydrogens (tertiary/aromatic N) is 1. The maximum Gasteiger partial charge on any atom is 0.111 e. The lowest BCUT2D eigenvalue weighted by molar-refractivity contribution is 0.859. The average molecular weight is 269 g/mol. The Balaban J connectivity index is 2.37. The number of thiophene rings is 1. The molecule has 0 spiro atoms. The van der Waals surface area contributed by atoms with Crippen LogP contribution in [0, 0.1) is 0 Å². The van der Waals surface area contributed by atoms with Gasteiger partial charge in [-0.2, -0.15) is 11.3 Å². The van der Waals surface area contributed by atoms with Gasteiger partial charge in [0.25, 0.3) is 0 Å². The molecule has 0 bridgehead atoms. The van der Waals surface area contributed by atoms with E-state index in [2.05, 4.69) is 26.3 Å². The van der Waals surface area contributed by atoms with Crippen molar-refractivity contribution < 1.29 is 0 Å². The van der Waals surface area contributed by atoms with Gasteiger partial charge in [-0.1, -0.05) is 6.07 Å². The normalized spacial score (nSPS) is 12.7. The van der Waals surface area contributed by atoms with E-state index in [1.54, 1.807) is 17.5 Å². The van der Waals surface area contributed by atoms with Crippen molar-refractivity contribution >= 4 is 27.3 Å². The largest absolute Gasteiger partial charge is 0.320 e. The summed E-state index contributed by atoms with van der Waals surface area (Å²) in [6.45, 7) is 0. The van der Waals surface area contributed by atoms with Crippen molar-refractivity contribution in [2.24, 2.45) is 5.73 Å². The minimum absolute atomic E-state index is 0.0932. The smallest absolute Gasteiger partial charge is 0.111 e. The van der Waals surface area contributed by atoms with Crippen LogP contribution >= 0.6 is 27.3 Å². The predicted molar refractivity (Wildman–Crippen MR) is 62.3 cm³/mol. The van der Waals surface area contributed by atoms with E-state index < -0.39 is 0 Å². The summed E-state index contributed by atoms with van der Waals surface area (Å²) in [5.41, 5.74) is 8.25. The highest BCUT2D eigenvalue weighted by molar-refractivity contribution is 9.10. The second-order valence-electron chi connectivity index (χ2n) is 2.92. The minimum atomic E-state index is -0.0932. The third-order valence-electron chi connectivity index (χ3n) is 2.03. The number of nitrogens with two attached hydrogens (primary N) is 1. The van der Waals surface area contributed by atoms with E-state index in [1.165, 1.54) is 0 Å². The summed E-state index contributed by atoms with van der Waals surface area (Å²) < 4.78 is 0.818. The van der Waals surface area contributed by atoms with Gasteiger partial charge in [-0.15, -0.1) is 0 Å². The Morgan fingerprint density at radius 3 is 2.93 bits per heavy atom. The third-order valence-corrected chi connectivity index (χ3v) is 3.39. The van der Waals surface area contributed by atoms with Crippen molar-refractivity contribution in [2.45, 2.75) is 6.04 Å². The number of halogens is 1. The van der Waals surface area contributed by atoms with Crippen LogP contribution in [0.3, 0.4) is 0 Å². The van der Waals surface area contributed by atoms with E-state index in [9.17, 15) is 0 Å². The van der Waals surface area contributed by atoms with Crippen molar-refractivity contribution in [2.75, 3.05) is 0 Å². The Morgan fingerprint density at radius 2 is 2.29 bits per heavy atom. The molecule has 0 aromatic carbocycles. The first kappa shape index (κ1) is 9.83. The van der Waals surface area contributed by atoms with E-state index in [0.717, 1.165) is 15.7 Å². The molecule has 0 saturated heterocycles. The van der Waals surface area contributed by atoms with E-state index in [4.69, 9.17) is 5.73 Å². The summed E-state index contributed by atoms with van der Waals surface area (Å²) in [6, 6.07) is 5.82. The van der Waals surface area contributed by atoms with E-state index >= 15 is 0 Å². The quantitative estimate of drug-likeness (QED) is 0.851. The maximum absolute atomic E-state index is 6.10. The molecule has 2 aromatic rings. The molecule has 2 nitrogen and oxygen atoms in total. The summed E-state index contributed by atoms with van der Waals surface area (Å²) in [5, 5.41) is 4.09. The van der Waals surface area contributed by atoms with Crippen LogP contribution in [0.25, 0.3) is 0 Å². The molecule has 4 heteroatoms. The first-order valence-electron chi connectivity index (χ1n) is 4.17. The summed E-state index contributed by atoms with van der Waals surface area (Å²) in [4.78, 5) is 4.15. The maximum atomic E-state index is 6.10. The predicted octanol–water partition coefficient (Wildman–Crippen LogP) is 2.95. The zero-order chi connectivity index (χ0) is 9.97. The van der Waals surface area contributed by atoms with E-state index in [1.807, 2.05) is 23.6 Å². The fraction of sp³-hybridized carbons (Fsp3) is 0.100. The van der Waals surface area contributed by atoms with Crippen molar-refractivity contribution in [1.82, 2.24) is 4.98 Å². The Hall–Kier alpha value is -0.710. The summed E-state index contributed by atoms with van der Waals surface area (Å²) in [5.74, 6) is 0. The van der Waals surface area contributed by atoms with Gasteiger partial charge in [-0.05, 0) is 44.4 Å². The van der Waals surface area contributed by atoms with Crippen LogP contribution in [0.4, 0.5) is 0 Å². The molecule has 0 aliphatic heterocycles. The van der Waals surface area contributed by atoms with Gasteiger partial charge in [0.2, 0.25) is 0 Å². The lowest BCUT2D eigenvalue weighted by Crippen LogP contribution is -2.11. The molecule has 2 rings (SSSR count). The van der Waals surface area contributed by atoms with Gasteiger partial charge >= 0.3 is 0 Å². The highest BCUT2D eigenvalue weighted by Gasteiger charge is 2.12. The first-order valence-corrected chi connectivity index (χ1v) is 5.90. The SMILES string of the molecule is N[C@H](c1ccsc1)c1cccnc1Br. The van der Waals surface area contributed by atoms with E-state index in [0.29, 0.717) is 0 Å². The molecule has 0 unspecified atom stereocenters. The van der Waals surface area contributed by atoms with Crippen LogP contribution in [0.2, 0.25) is 0 Å². The van der Waals surface area contributed by atoms with Crippen molar-refractivity contribution in [3.05, 3.63) is 50.9 Å². The van der Waals surface area contributed by atoms with Gasteiger partial charge in [0.05, 0.1) is 6.04 Å². The van der Waals surface area contributed by atoms with Crippen molar-refractivity contribution in [3.63, 3.8) is 0 Å². The number of pyridine rings is 1. The number of hydrogen-bond donors (Lipinski definition) is 1. The molecule has 14 heavy (non-hydrogen) atoms. The average Bonchev–Trinajstić information content (AvgIpc) is 2.70. The highest BCUT2D eigenvalue weighted by Crippen LogP contribution is 2.25. The lowest BCUT2D eigenvalue weighted by atomic mass is 10.0. The Labute approximate surface area is 94.9 Å². The highest BCUT2D eigenvalue weighted by atomic mass is 79.9. The second kappa shape index (κ2) is 4.21. The molecule has 2 N–H and O–H groups in total. The molecule has 0 aliphatic rings. The number of aromatic nitrogens is 1. The van der Waals surface area contributed by atoms with Gasteiger partial charge in [0.1, 0.15) is 4.60 Å². The minimum Gasteiger partial charge on any atom is -0.320 e. The standard InChI is InChI=1S/C10H9BrN2S/c11-10-8(2-1-4-13-10)9(12)7-3-5-14-6-7/h1-6,9H,12H2/t9-/m1/s1. The van der Waals surface area contributed by atoms with Gasteiger partial charge in [0, 0.05) is 11.8 Å². The number of rotatable bonds is 2. The molecule has 0 fully saturated rings. The Bertz CT molecular complexity index is 414. The summed E-state index contributed by atoms with van der Waals surface area (Å²) in [7, 11) is 0. The van der Waals surface area contributed by atoms with Crippen LogP contribution < -0.4 is 5.73 Å². The molecular weight excluding hydrogens is 260 g/mol. The Morgan fingerprint density at radius 1 is 1.43 bits per heavy atom. The van der Waals surface area contributed by atoms with Crippen LogP contribution in [0.5, 0.6) is 0 Å². The Kier molecular flexibility index (Phi) is 2.96. The molecule has 1 atom stereocenters. The topological polar surface area (TPSA) is 38.9 Å². The van der Waals surface area contributed by atoms with Gasteiger partial charge in [-0.3, -0.25) is 0 Å². The van der Waals surface area contributed by atoms with Crippen LogP contribution in [-0.2, 0) is 0 Å². The molecule has 0 aliphatic carbocycles. The second-order valence-corrected chi connectivity index (χ2v) is 4.45. The lowest BCUT2D eigenvalue weighted by Gasteiger charge is -2.11. The monoisotopic (exact) mass is 268 g/mol. The fourth-order valence-electron chi connectivity index (χ4n) is 1.26. The van der Waals surface area contributed by atoms with Gasteiger partial charge in [-0.25, -0.2) is 4.98 Å². The van der Waals surface area contributed by atoms with Crippen LogP contribution in [-0.4, -0.2) is 4.98 Å². The van der Waals surface area contributed by atoms with Gasteiger partial charge in [0.15, 0.2) is 0 Å². The zero-order valence-corrected chi connectivity index (χ0v) is 9.75. The number of hydrogen-bond acceptors (Lipinski definition) is 3. The molecular formula is C10H9BrN2S.